The maximum absolute atomic E-state index is 11.8. The van der Waals surface area contributed by atoms with Gasteiger partial charge in [-0.05, 0) is 12.8 Å². The highest BCUT2D eigenvalue weighted by Gasteiger charge is 2.21. The summed E-state index contributed by atoms with van der Waals surface area (Å²) in [7, 11) is -1.85. The van der Waals surface area contributed by atoms with Crippen LogP contribution in [0.1, 0.15) is 19.8 Å². The van der Waals surface area contributed by atoms with Crippen molar-refractivity contribution in [1.29, 1.82) is 0 Å². The second-order valence-corrected chi connectivity index (χ2v) is 5.78. The lowest BCUT2D eigenvalue weighted by Crippen LogP contribution is -2.40. The third-order valence-corrected chi connectivity index (χ3v) is 4.38. The molecule has 1 N–H and O–H groups in total. The van der Waals surface area contributed by atoms with Crippen LogP contribution in [-0.2, 0) is 14.8 Å². The maximum atomic E-state index is 11.8. The van der Waals surface area contributed by atoms with Crippen LogP contribution in [0.15, 0.2) is 0 Å². The number of hydrogen-bond donors (Lipinski definition) is 1. The summed E-state index contributed by atoms with van der Waals surface area (Å²) in [5.74, 6) is 0.199. The molecule has 0 fully saturated rings. The Hall–Kier alpha value is -0.330. The Morgan fingerprint density at radius 3 is 2.44 bits per heavy atom. The van der Waals surface area contributed by atoms with Gasteiger partial charge in [0, 0.05) is 19.5 Å². The van der Waals surface area contributed by atoms with Crippen molar-refractivity contribution in [2.24, 2.45) is 0 Å². The van der Waals surface area contributed by atoms with Gasteiger partial charge in [0.15, 0.2) is 0 Å². The molecule has 0 radical (unpaired) electrons. The number of nitrogens with one attached hydrogen (secondary N) is 1. The number of amides is 1. The predicted molar refractivity (Wildman–Crippen MR) is 65.1 cm³/mol. The molecule has 0 bridgehead atoms. The van der Waals surface area contributed by atoms with Gasteiger partial charge in [0.25, 0.3) is 0 Å². The standard InChI is InChI=1S/C9H19ClN2O3S/c1-3-12(8-9(13)11-2)16(14,15)7-5-4-6-10/h3-8H2,1-2H3,(H,11,13). The summed E-state index contributed by atoms with van der Waals surface area (Å²) in [6.45, 7) is 1.90. The van der Waals surface area contributed by atoms with Crippen molar-refractivity contribution in [2.75, 3.05) is 31.8 Å². The number of alkyl halides is 1. The number of carbonyl (C=O) groups is 1. The normalized spacial score (nSPS) is 11.8. The fourth-order valence-electron chi connectivity index (χ4n) is 1.15. The van der Waals surface area contributed by atoms with Crippen molar-refractivity contribution in [2.45, 2.75) is 19.8 Å². The number of likely N-dealkylation sites (N-methyl/N-ethyl adjacent to an activating group) is 2. The molecular weight excluding hydrogens is 252 g/mol. The Balaban J connectivity index is 4.37. The average molecular weight is 271 g/mol. The van der Waals surface area contributed by atoms with Gasteiger partial charge in [-0.3, -0.25) is 4.79 Å². The first-order valence-corrected chi connectivity index (χ1v) is 7.36. The lowest BCUT2D eigenvalue weighted by molar-refractivity contribution is -0.120. The molecule has 7 heteroatoms. The zero-order chi connectivity index (χ0) is 12.6. The number of unbranched alkanes of at least 4 members (excludes halogenated alkanes) is 1. The summed E-state index contributed by atoms with van der Waals surface area (Å²) in [6, 6.07) is 0. The molecule has 5 nitrogen and oxygen atoms in total. The highest BCUT2D eigenvalue weighted by Crippen LogP contribution is 2.05. The lowest BCUT2D eigenvalue weighted by Gasteiger charge is -2.19. The fourth-order valence-corrected chi connectivity index (χ4v) is 2.88. The van der Waals surface area contributed by atoms with E-state index < -0.39 is 10.0 Å². The van der Waals surface area contributed by atoms with Gasteiger partial charge in [-0.15, -0.1) is 11.6 Å². The quantitative estimate of drug-likeness (QED) is 0.513. The third-order valence-electron chi connectivity index (χ3n) is 2.13. The molecule has 0 saturated carbocycles. The van der Waals surface area contributed by atoms with E-state index in [-0.39, 0.29) is 18.2 Å². The number of nitrogens with zero attached hydrogens (tertiary/aromatic N) is 1. The Morgan fingerprint density at radius 1 is 1.38 bits per heavy atom. The summed E-state index contributed by atoms with van der Waals surface area (Å²) in [6.07, 6.45) is 1.19. The largest absolute Gasteiger partial charge is 0.358 e. The van der Waals surface area contributed by atoms with E-state index in [1.54, 1.807) is 6.92 Å². The Kier molecular flexibility index (Phi) is 7.70. The summed E-state index contributed by atoms with van der Waals surface area (Å²) < 4.78 is 24.8. The van der Waals surface area contributed by atoms with Crippen LogP contribution < -0.4 is 5.32 Å². The first-order chi connectivity index (χ1) is 7.47. The smallest absolute Gasteiger partial charge is 0.235 e. The van der Waals surface area contributed by atoms with Crippen LogP contribution in [0, 0.1) is 0 Å². The highest BCUT2D eigenvalue weighted by atomic mass is 35.5. The van der Waals surface area contributed by atoms with E-state index in [9.17, 15) is 13.2 Å². The number of sulfonamides is 1. The van der Waals surface area contributed by atoms with Crippen molar-refractivity contribution < 1.29 is 13.2 Å². The molecule has 0 aliphatic carbocycles. The van der Waals surface area contributed by atoms with Crippen LogP contribution in [0.4, 0.5) is 0 Å². The molecule has 0 heterocycles. The highest BCUT2D eigenvalue weighted by molar-refractivity contribution is 7.89. The molecule has 1 amide bonds. The molecule has 16 heavy (non-hydrogen) atoms. The monoisotopic (exact) mass is 270 g/mol. The van der Waals surface area contributed by atoms with Crippen LogP contribution >= 0.6 is 11.6 Å². The molecule has 0 spiro atoms. The van der Waals surface area contributed by atoms with Gasteiger partial charge in [-0.25, -0.2) is 8.42 Å². The first-order valence-electron chi connectivity index (χ1n) is 5.22. The third kappa shape index (κ3) is 5.67. The summed E-state index contributed by atoms with van der Waals surface area (Å²) >= 11 is 5.48. The molecule has 0 unspecified atom stereocenters. The molecule has 0 aromatic rings. The second kappa shape index (κ2) is 7.86. The minimum absolute atomic E-state index is 0.0462. The lowest BCUT2D eigenvalue weighted by atomic mass is 10.4. The van der Waals surface area contributed by atoms with Crippen LogP contribution in [0.25, 0.3) is 0 Å². The van der Waals surface area contributed by atoms with Gasteiger partial charge in [-0.2, -0.15) is 4.31 Å². The van der Waals surface area contributed by atoms with Gasteiger partial charge in [-0.1, -0.05) is 6.92 Å². The fraction of sp³-hybridized carbons (Fsp3) is 0.889. The van der Waals surface area contributed by atoms with Gasteiger partial charge >= 0.3 is 0 Å². The van der Waals surface area contributed by atoms with Crippen LogP contribution in [0.5, 0.6) is 0 Å². The molecule has 96 valence electrons. The van der Waals surface area contributed by atoms with Crippen LogP contribution in [0.3, 0.4) is 0 Å². The molecule has 0 aliphatic heterocycles. The Bertz CT molecular complexity index is 306. The zero-order valence-electron chi connectivity index (χ0n) is 9.70. The van der Waals surface area contributed by atoms with E-state index in [4.69, 9.17) is 11.6 Å². The van der Waals surface area contributed by atoms with E-state index in [1.165, 1.54) is 11.4 Å². The molecule has 0 aromatic carbocycles. The molecule has 0 aliphatic rings. The Labute approximate surface area is 102 Å². The van der Waals surface area contributed by atoms with Crippen molar-refractivity contribution >= 4 is 27.5 Å². The molecular formula is C9H19ClN2O3S. The number of rotatable bonds is 8. The van der Waals surface area contributed by atoms with Crippen LogP contribution in [0.2, 0.25) is 0 Å². The summed E-state index contributed by atoms with van der Waals surface area (Å²) in [4.78, 5) is 11.1. The number of hydrogen-bond acceptors (Lipinski definition) is 3. The summed E-state index contributed by atoms with van der Waals surface area (Å²) in [5, 5.41) is 2.40. The summed E-state index contributed by atoms with van der Waals surface area (Å²) in [5.41, 5.74) is 0. The van der Waals surface area contributed by atoms with Gasteiger partial charge < -0.3 is 5.32 Å². The minimum Gasteiger partial charge on any atom is -0.358 e. The van der Waals surface area contributed by atoms with Gasteiger partial charge in [0.05, 0.1) is 12.3 Å². The van der Waals surface area contributed by atoms with Gasteiger partial charge in [0.2, 0.25) is 15.9 Å². The molecule has 0 rings (SSSR count). The maximum Gasteiger partial charge on any atom is 0.235 e. The van der Waals surface area contributed by atoms with Crippen molar-refractivity contribution in [3.05, 3.63) is 0 Å². The van der Waals surface area contributed by atoms with Crippen molar-refractivity contribution in [1.82, 2.24) is 9.62 Å². The minimum atomic E-state index is -3.34. The average Bonchev–Trinajstić information content (AvgIpc) is 2.25. The van der Waals surface area contributed by atoms with Crippen molar-refractivity contribution in [3.63, 3.8) is 0 Å². The van der Waals surface area contributed by atoms with E-state index in [1.807, 2.05) is 0 Å². The SMILES string of the molecule is CCN(CC(=O)NC)S(=O)(=O)CCCCCl. The second-order valence-electron chi connectivity index (χ2n) is 3.31. The predicted octanol–water partition coefficient (Wildman–Crippen LogP) is 0.403. The van der Waals surface area contributed by atoms with E-state index in [0.29, 0.717) is 25.3 Å². The van der Waals surface area contributed by atoms with Gasteiger partial charge in [0.1, 0.15) is 0 Å². The van der Waals surface area contributed by atoms with E-state index in [2.05, 4.69) is 5.32 Å². The van der Waals surface area contributed by atoms with Crippen LogP contribution in [-0.4, -0.2) is 50.4 Å². The Morgan fingerprint density at radius 2 is 2.00 bits per heavy atom. The zero-order valence-corrected chi connectivity index (χ0v) is 11.3. The molecule has 0 aromatic heterocycles. The molecule has 0 saturated heterocycles. The molecule has 0 atom stereocenters. The topological polar surface area (TPSA) is 66.5 Å². The van der Waals surface area contributed by atoms with Crippen molar-refractivity contribution in [3.8, 4) is 0 Å². The van der Waals surface area contributed by atoms with E-state index >= 15 is 0 Å². The number of halogens is 1. The number of carbonyl (C=O) groups excluding carboxylic acids is 1. The first kappa shape index (κ1) is 15.7. The van der Waals surface area contributed by atoms with E-state index in [0.717, 1.165) is 0 Å².